The molecule has 1 aromatic carbocycles. The van der Waals surface area contributed by atoms with Gasteiger partial charge in [-0.1, -0.05) is 28.1 Å². The van der Waals surface area contributed by atoms with E-state index >= 15 is 0 Å². The van der Waals surface area contributed by atoms with Gasteiger partial charge in [0.1, 0.15) is 5.75 Å². The third-order valence-electron chi connectivity index (χ3n) is 2.47. The highest BCUT2D eigenvalue weighted by Gasteiger charge is 2.31. The topological polar surface area (TPSA) is 9.23 Å². The molecule has 20 heavy (non-hydrogen) atoms. The lowest BCUT2D eigenvalue weighted by atomic mass is 10.1. The van der Waals surface area contributed by atoms with E-state index in [0.29, 0.717) is 0 Å². The molecule has 0 spiro atoms. The van der Waals surface area contributed by atoms with Gasteiger partial charge in [0.15, 0.2) is 0 Å². The summed E-state index contributed by atoms with van der Waals surface area (Å²) < 4.78 is 41.1. The van der Waals surface area contributed by atoms with Crippen LogP contribution in [0.15, 0.2) is 34.8 Å². The van der Waals surface area contributed by atoms with Crippen molar-refractivity contribution in [2.75, 3.05) is 0 Å². The van der Waals surface area contributed by atoms with Crippen molar-refractivity contribution in [3.8, 4) is 5.75 Å². The van der Waals surface area contributed by atoms with Crippen LogP contribution in [0.1, 0.15) is 20.1 Å². The molecule has 0 N–H and O–H groups in total. The van der Waals surface area contributed by atoms with Crippen molar-refractivity contribution in [1.82, 2.24) is 0 Å². The normalized spacial score (nSPS) is 13.3. The monoisotopic (exact) mass is 428 g/mol. The number of ether oxygens (including phenoxy) is 1. The van der Waals surface area contributed by atoms with Crippen molar-refractivity contribution in [2.45, 2.75) is 18.1 Å². The lowest BCUT2D eigenvalue weighted by Gasteiger charge is -2.12. The Balaban J connectivity index is 2.19. The van der Waals surface area contributed by atoms with Crippen LogP contribution >= 0.6 is 43.2 Å². The second-order valence-corrected chi connectivity index (χ2v) is 7.11. The summed E-state index contributed by atoms with van der Waals surface area (Å²) >= 11 is 8.66. The summed E-state index contributed by atoms with van der Waals surface area (Å²) in [6.45, 7) is 2.00. The minimum atomic E-state index is -4.66. The first-order valence-electron chi connectivity index (χ1n) is 5.52. The minimum absolute atomic E-state index is 0.0736. The summed E-state index contributed by atoms with van der Waals surface area (Å²) in [5.41, 5.74) is 0.863. The quantitative estimate of drug-likeness (QED) is 0.527. The molecule has 1 unspecified atom stereocenters. The van der Waals surface area contributed by atoms with Gasteiger partial charge in [0, 0.05) is 14.2 Å². The van der Waals surface area contributed by atoms with Gasteiger partial charge >= 0.3 is 6.36 Å². The van der Waals surface area contributed by atoms with Crippen molar-refractivity contribution in [3.05, 3.63) is 50.1 Å². The molecule has 7 heteroatoms. The van der Waals surface area contributed by atoms with Gasteiger partial charge in [0.25, 0.3) is 0 Å². The van der Waals surface area contributed by atoms with Crippen molar-refractivity contribution < 1.29 is 17.9 Å². The van der Waals surface area contributed by atoms with Gasteiger partial charge in [-0.15, -0.1) is 24.5 Å². The summed E-state index contributed by atoms with van der Waals surface area (Å²) in [5.74, 6) is -0.220. The summed E-state index contributed by atoms with van der Waals surface area (Å²) in [6, 6.07) is 7.86. The largest absolute Gasteiger partial charge is 0.573 e. The molecule has 0 bridgehead atoms. The Morgan fingerprint density at radius 3 is 2.25 bits per heavy atom. The summed E-state index contributed by atoms with van der Waals surface area (Å²) in [5, 5.41) is 0. The molecule has 108 valence electrons. The molecule has 2 aromatic rings. The van der Waals surface area contributed by atoms with Gasteiger partial charge in [-0.2, -0.15) is 0 Å². The van der Waals surface area contributed by atoms with E-state index in [1.807, 2.05) is 13.0 Å². The average Bonchev–Trinajstić information content (AvgIpc) is 2.66. The van der Waals surface area contributed by atoms with Gasteiger partial charge in [-0.3, -0.25) is 0 Å². The zero-order chi connectivity index (χ0) is 14.9. The van der Waals surface area contributed by atoms with Crippen LogP contribution < -0.4 is 4.74 Å². The number of thiophene rings is 1. The number of alkyl halides is 4. The molecular formula is C13H9Br2F3OS. The third kappa shape index (κ3) is 3.99. The Kier molecular flexibility index (Phi) is 4.81. The maximum Gasteiger partial charge on any atom is 0.573 e. The predicted molar refractivity (Wildman–Crippen MR) is 80.7 cm³/mol. The molecule has 1 atom stereocenters. The molecule has 0 saturated carbocycles. The summed E-state index contributed by atoms with van der Waals surface area (Å²) in [7, 11) is 0. The van der Waals surface area contributed by atoms with Crippen LogP contribution in [0, 0.1) is 6.92 Å². The Labute approximate surface area is 135 Å². The molecule has 0 amide bonds. The lowest BCUT2D eigenvalue weighted by molar-refractivity contribution is -0.274. The third-order valence-corrected chi connectivity index (χ3v) is 5.80. The molecule has 0 aliphatic heterocycles. The van der Waals surface area contributed by atoms with E-state index in [4.69, 9.17) is 0 Å². The molecule has 0 saturated heterocycles. The van der Waals surface area contributed by atoms with Gasteiger partial charge in [-0.25, -0.2) is 0 Å². The fourth-order valence-corrected chi connectivity index (χ4v) is 4.69. The Hall–Kier alpha value is -0.530. The van der Waals surface area contributed by atoms with Crippen molar-refractivity contribution in [3.63, 3.8) is 0 Å². The number of benzene rings is 1. The summed E-state index contributed by atoms with van der Waals surface area (Å²) in [6.07, 6.45) is -4.66. The highest BCUT2D eigenvalue weighted by molar-refractivity contribution is 9.11. The van der Waals surface area contributed by atoms with Crippen molar-refractivity contribution >= 4 is 43.2 Å². The van der Waals surface area contributed by atoms with Crippen LogP contribution in [-0.4, -0.2) is 6.36 Å². The standard InChI is InChI=1S/C13H9Br2F3OS/c1-7-6-10(14)12(20-7)11(15)8-2-4-9(5-3-8)19-13(16,17)18/h2-6,11H,1H3. The number of halogens is 5. The SMILES string of the molecule is Cc1cc(Br)c(C(Br)c2ccc(OC(F)(F)F)cc2)s1. The number of aryl methyl sites for hydroxylation is 1. The second kappa shape index (κ2) is 6.07. The maximum absolute atomic E-state index is 12.1. The molecule has 2 rings (SSSR count). The van der Waals surface area contributed by atoms with E-state index in [0.717, 1.165) is 19.8 Å². The molecule has 1 heterocycles. The first-order chi connectivity index (χ1) is 9.26. The second-order valence-electron chi connectivity index (χ2n) is 4.05. The van der Waals surface area contributed by atoms with Crippen LogP contribution in [0.2, 0.25) is 0 Å². The van der Waals surface area contributed by atoms with E-state index in [9.17, 15) is 13.2 Å². The molecule has 0 radical (unpaired) electrons. The smallest absolute Gasteiger partial charge is 0.406 e. The van der Waals surface area contributed by atoms with Crippen LogP contribution in [0.3, 0.4) is 0 Å². The zero-order valence-electron chi connectivity index (χ0n) is 10.2. The predicted octanol–water partition coefficient (Wildman–Crippen LogP) is 6.20. The Bertz CT molecular complexity index is 593. The molecule has 1 nitrogen and oxygen atoms in total. The lowest BCUT2D eigenvalue weighted by Crippen LogP contribution is -2.17. The van der Waals surface area contributed by atoms with Crippen molar-refractivity contribution in [2.24, 2.45) is 0 Å². The number of hydrogen-bond donors (Lipinski definition) is 0. The van der Waals surface area contributed by atoms with E-state index < -0.39 is 6.36 Å². The van der Waals surface area contributed by atoms with Gasteiger partial charge in [0.05, 0.1) is 4.83 Å². The molecule has 1 aromatic heterocycles. The van der Waals surface area contributed by atoms with E-state index in [1.165, 1.54) is 12.1 Å². The molecule has 0 aliphatic carbocycles. The van der Waals surface area contributed by atoms with Crippen LogP contribution in [-0.2, 0) is 0 Å². The van der Waals surface area contributed by atoms with Gasteiger partial charge < -0.3 is 4.74 Å². The first-order valence-corrected chi connectivity index (χ1v) is 8.04. The Morgan fingerprint density at radius 2 is 1.80 bits per heavy atom. The highest BCUT2D eigenvalue weighted by Crippen LogP contribution is 2.41. The van der Waals surface area contributed by atoms with Crippen molar-refractivity contribution in [1.29, 1.82) is 0 Å². The van der Waals surface area contributed by atoms with Gasteiger partial charge in [0.2, 0.25) is 0 Å². The molecular weight excluding hydrogens is 421 g/mol. The van der Waals surface area contributed by atoms with E-state index in [2.05, 4.69) is 36.6 Å². The average molecular weight is 430 g/mol. The van der Waals surface area contributed by atoms with Crippen LogP contribution in [0.5, 0.6) is 5.75 Å². The maximum atomic E-state index is 12.1. The Morgan fingerprint density at radius 1 is 1.20 bits per heavy atom. The molecule has 0 fully saturated rings. The fourth-order valence-electron chi connectivity index (χ4n) is 1.66. The van der Waals surface area contributed by atoms with E-state index in [1.54, 1.807) is 23.5 Å². The first kappa shape index (κ1) is 15.9. The van der Waals surface area contributed by atoms with Gasteiger partial charge in [-0.05, 0) is 46.6 Å². The minimum Gasteiger partial charge on any atom is -0.406 e. The number of hydrogen-bond acceptors (Lipinski definition) is 2. The van der Waals surface area contributed by atoms with E-state index in [-0.39, 0.29) is 10.6 Å². The molecule has 0 aliphatic rings. The highest BCUT2D eigenvalue weighted by atomic mass is 79.9. The zero-order valence-corrected chi connectivity index (χ0v) is 14.2. The summed E-state index contributed by atoms with van der Waals surface area (Å²) in [4.78, 5) is 2.16. The number of rotatable bonds is 3. The van der Waals surface area contributed by atoms with Crippen LogP contribution in [0.4, 0.5) is 13.2 Å². The fraction of sp³-hybridized carbons (Fsp3) is 0.231. The van der Waals surface area contributed by atoms with Crippen LogP contribution in [0.25, 0.3) is 0 Å².